The van der Waals surface area contributed by atoms with Crippen LogP contribution in [0, 0.1) is 0 Å². The van der Waals surface area contributed by atoms with Gasteiger partial charge < -0.3 is 114 Å². The van der Waals surface area contributed by atoms with Gasteiger partial charge in [-0.15, -0.1) is 0 Å². The molecule has 0 saturated heterocycles. The standard InChI is InChI=1S/C65H91N15O25/c1-37(62(99)76-38(2)64(101)79(27-29-82)26-21-68-40-9-8-39(67-20-19-66-22-28-81)56-57(40)61(98)59-44(84)12-11-43(83)58(59)60(56)97)75-50(90)34-73-49(89)33-74-63(100)41(77-47(87)16-18-70-45(85)7-5-25-80-53(93)14-15-54(80)94)6-3-4-17-69-51(91)35-105-31-24-72-52(92)36-104-30-23-71-46(86)13-10-42(65(102)103)78-48(88)32-55(95)96/h8-9,11-12,14-15,37-38,41-42,66-68,81-84H,3-7,10,13,16-36H2,1-2H3,(H,69,91)(H,70,85)(H,71,86)(H,72,92)(H,73,89)(H,74,100)(H,75,90)(H,76,99)(H,77,87)(H,78,88)(H,95,96)(H,102,103)/t37-,38-,41-,42-/m0/s1. The fourth-order valence-electron chi connectivity index (χ4n) is 10.1. The van der Waals surface area contributed by atoms with E-state index >= 15 is 0 Å². The van der Waals surface area contributed by atoms with Crippen molar-refractivity contribution < 1.29 is 122 Å². The predicted molar refractivity (Wildman–Crippen MR) is 365 cm³/mol. The van der Waals surface area contributed by atoms with Crippen LogP contribution in [0.2, 0.25) is 0 Å². The SMILES string of the molecule is C[C@H](NC(=O)CNC(=O)CNC(=O)[C@H](CCCCNC(=O)COCCNC(=O)COCCNC(=O)CC[C@H](NC(=O)CC(=O)O)C(=O)O)NC(=O)CCNC(=O)CCCN1C(=O)C=CC1=O)C(=O)N[C@@H](C)C(=O)N(CCO)CCNc1ccc(NCCNCCO)c2c1C(=O)c1c(O)ccc(O)c1C2=O. The van der Waals surface area contributed by atoms with Crippen LogP contribution in [-0.2, 0) is 81.4 Å². The summed E-state index contributed by atoms with van der Waals surface area (Å²) in [6.45, 7) is 0.0269. The molecule has 1 heterocycles. The number of hydrogen-bond donors (Lipinski definition) is 19. The van der Waals surface area contributed by atoms with Gasteiger partial charge in [0.1, 0.15) is 55.3 Å². The summed E-state index contributed by atoms with van der Waals surface area (Å²) in [7, 11) is 0. The quantitative estimate of drug-likeness (QED) is 0.0108. The van der Waals surface area contributed by atoms with Crippen LogP contribution in [-0.4, -0.2) is 290 Å². The molecule has 0 fully saturated rings. The number of nitrogens with zero attached hydrogens (tertiary/aromatic N) is 2. The van der Waals surface area contributed by atoms with E-state index in [1.165, 1.54) is 30.9 Å². The van der Waals surface area contributed by atoms with Crippen LogP contribution in [0.3, 0.4) is 0 Å². The minimum Gasteiger partial charge on any atom is -0.507 e. The molecular formula is C65H91N15O25. The van der Waals surface area contributed by atoms with Crippen LogP contribution in [0.25, 0.3) is 0 Å². The van der Waals surface area contributed by atoms with Gasteiger partial charge in [-0.3, -0.25) is 81.6 Å². The summed E-state index contributed by atoms with van der Waals surface area (Å²) in [6, 6.07) is -0.0745. The number of rotatable bonds is 51. The van der Waals surface area contributed by atoms with Crippen LogP contribution in [0.4, 0.5) is 11.4 Å². The molecule has 4 atom stereocenters. The second kappa shape index (κ2) is 45.7. The largest absolute Gasteiger partial charge is 0.507 e. The number of phenolic OH excluding ortho intramolecular Hbond substituents is 2. The van der Waals surface area contributed by atoms with Crippen LogP contribution in [0.1, 0.15) is 103 Å². The Hall–Kier alpha value is -11.2. The highest BCUT2D eigenvalue weighted by Crippen LogP contribution is 2.42. The summed E-state index contributed by atoms with van der Waals surface area (Å²) in [5, 5.41) is 91.5. The monoisotopic (exact) mass is 1480 g/mol. The Labute approximate surface area is 601 Å². The van der Waals surface area contributed by atoms with Gasteiger partial charge in [-0.05, 0) is 70.2 Å². The van der Waals surface area contributed by atoms with Gasteiger partial charge in [0.05, 0.1) is 61.8 Å². The number of amides is 13. The average molecular weight is 1480 g/mol. The van der Waals surface area contributed by atoms with Crippen LogP contribution in [0.5, 0.6) is 11.5 Å². The van der Waals surface area contributed by atoms with Crippen molar-refractivity contribution in [3.05, 3.63) is 58.7 Å². The number of benzene rings is 2. The molecule has 40 nitrogen and oxygen atoms in total. The molecule has 0 spiro atoms. The third kappa shape index (κ3) is 30.3. The number of aliphatic hydroxyl groups is 2. The number of hydrogen-bond acceptors (Lipinski definition) is 26. The van der Waals surface area contributed by atoms with E-state index in [1.54, 1.807) is 0 Å². The van der Waals surface area contributed by atoms with Crippen molar-refractivity contribution in [2.24, 2.45) is 0 Å². The molecular weight excluding hydrogens is 1390 g/mol. The fraction of sp³-hybridized carbons (Fsp3) is 0.523. The summed E-state index contributed by atoms with van der Waals surface area (Å²) in [6.07, 6.45) is 0.885. The molecule has 0 radical (unpaired) electrons. The van der Waals surface area contributed by atoms with Gasteiger partial charge in [-0.1, -0.05) is 0 Å². The molecule has 1 aliphatic carbocycles. The number of ether oxygens (including phenoxy) is 2. The molecule has 0 unspecified atom stereocenters. The van der Waals surface area contributed by atoms with Crippen molar-refractivity contribution in [3.63, 3.8) is 0 Å². The summed E-state index contributed by atoms with van der Waals surface area (Å²) < 4.78 is 10.5. The summed E-state index contributed by atoms with van der Waals surface area (Å²) >= 11 is 0. The number of carbonyl (C=O) groups is 17. The number of unbranched alkanes of at least 4 members (excludes halogenated alkanes) is 1. The Morgan fingerprint density at radius 3 is 1.63 bits per heavy atom. The lowest BCUT2D eigenvalue weighted by Gasteiger charge is -2.28. The van der Waals surface area contributed by atoms with Crippen molar-refractivity contribution in [1.82, 2.24) is 68.3 Å². The van der Waals surface area contributed by atoms with Gasteiger partial charge in [0.25, 0.3) is 11.8 Å². The topological polar surface area (TPSA) is 593 Å². The second-order valence-corrected chi connectivity index (χ2v) is 23.5. The molecule has 2 aromatic rings. The van der Waals surface area contributed by atoms with Gasteiger partial charge in [0.15, 0.2) is 0 Å². The van der Waals surface area contributed by atoms with Gasteiger partial charge in [0.2, 0.25) is 76.5 Å². The second-order valence-electron chi connectivity index (χ2n) is 23.5. The minimum atomic E-state index is -1.49. The van der Waals surface area contributed by atoms with E-state index in [0.29, 0.717) is 13.1 Å². The van der Waals surface area contributed by atoms with Crippen LogP contribution < -0.4 is 69.1 Å². The van der Waals surface area contributed by atoms with Crippen LogP contribution >= 0.6 is 0 Å². The molecule has 0 bridgehead atoms. The average Bonchev–Trinajstić information content (AvgIpc) is 0.960. The van der Waals surface area contributed by atoms with Crippen molar-refractivity contribution in [1.29, 1.82) is 0 Å². The third-order valence-electron chi connectivity index (χ3n) is 15.4. The van der Waals surface area contributed by atoms with E-state index in [0.717, 1.165) is 29.2 Å². The highest BCUT2D eigenvalue weighted by atomic mass is 16.5. The molecule has 2 aliphatic rings. The maximum Gasteiger partial charge on any atom is 0.326 e. The summed E-state index contributed by atoms with van der Waals surface area (Å²) in [5.41, 5.74) is -0.653. The Morgan fingerprint density at radius 2 is 1.04 bits per heavy atom. The van der Waals surface area contributed by atoms with Gasteiger partial charge in [0, 0.05) is 115 Å². The molecule has 40 heteroatoms. The number of anilines is 2. The molecule has 19 N–H and O–H groups in total. The Morgan fingerprint density at radius 1 is 0.476 bits per heavy atom. The molecule has 576 valence electrons. The van der Waals surface area contributed by atoms with Crippen LogP contribution in [0.15, 0.2) is 36.4 Å². The van der Waals surface area contributed by atoms with E-state index in [9.17, 15) is 102 Å². The molecule has 105 heavy (non-hydrogen) atoms. The highest BCUT2D eigenvalue weighted by Gasteiger charge is 2.38. The lowest BCUT2D eigenvalue weighted by atomic mass is 9.81. The number of carboxylic acids is 2. The Balaban J connectivity index is 1.20. The van der Waals surface area contributed by atoms with Crippen molar-refractivity contribution in [2.45, 2.75) is 95.8 Å². The zero-order chi connectivity index (χ0) is 77.5. The van der Waals surface area contributed by atoms with Crippen molar-refractivity contribution in [3.8, 4) is 11.5 Å². The maximum absolute atomic E-state index is 14.0. The first-order chi connectivity index (χ1) is 50.1. The maximum atomic E-state index is 14.0. The first-order valence-electron chi connectivity index (χ1n) is 33.5. The Bertz CT molecular complexity index is 3500. The molecule has 0 aromatic heterocycles. The number of phenols is 2. The van der Waals surface area contributed by atoms with Gasteiger partial charge in [-0.2, -0.15) is 0 Å². The number of aliphatic carboxylic acids is 2. The van der Waals surface area contributed by atoms with E-state index in [1.807, 2.05) is 5.32 Å². The molecule has 1 aliphatic heterocycles. The number of carboxylic acid groups (broad SMARTS) is 2. The highest BCUT2D eigenvalue weighted by molar-refractivity contribution is 6.33. The molecule has 4 rings (SSSR count). The van der Waals surface area contributed by atoms with E-state index < -0.39 is 181 Å². The lowest BCUT2D eigenvalue weighted by Crippen LogP contribution is -2.54. The number of aromatic hydroxyl groups is 2. The van der Waals surface area contributed by atoms with Gasteiger partial charge in [-0.25, -0.2) is 4.79 Å². The summed E-state index contributed by atoms with van der Waals surface area (Å²) in [5.74, 6) is -14.5. The third-order valence-corrected chi connectivity index (χ3v) is 15.4. The minimum absolute atomic E-state index is 0.00102. The number of aliphatic hydroxyl groups excluding tert-OH is 2. The van der Waals surface area contributed by atoms with E-state index in [-0.39, 0.29) is 158 Å². The Kier molecular flexibility index (Phi) is 37.5. The fourth-order valence-corrected chi connectivity index (χ4v) is 10.1. The normalized spacial score (nSPS) is 13.1. The van der Waals surface area contributed by atoms with Gasteiger partial charge >= 0.3 is 11.9 Å². The van der Waals surface area contributed by atoms with Crippen molar-refractivity contribution >= 4 is 112 Å². The number of ketones is 2. The lowest BCUT2D eigenvalue weighted by molar-refractivity contribution is -0.145. The predicted octanol–water partition coefficient (Wildman–Crippen LogP) is -6.59. The zero-order valence-electron chi connectivity index (χ0n) is 57.9. The molecule has 0 saturated carbocycles. The molecule has 2 aromatic carbocycles. The van der Waals surface area contributed by atoms with E-state index in [2.05, 4.69) is 63.8 Å². The van der Waals surface area contributed by atoms with Crippen molar-refractivity contribution in [2.75, 3.05) is 135 Å². The number of fused-ring (bicyclic) bond motifs is 2. The number of carbonyl (C=O) groups excluding carboxylic acids is 15. The summed E-state index contributed by atoms with van der Waals surface area (Å²) in [4.78, 5) is 216. The number of nitrogens with one attached hydrogen (secondary N) is 13. The zero-order valence-corrected chi connectivity index (χ0v) is 57.9. The number of imide groups is 1. The first kappa shape index (κ1) is 86.2. The first-order valence-corrected chi connectivity index (χ1v) is 33.5. The van der Waals surface area contributed by atoms with E-state index in [4.69, 9.17) is 19.7 Å². The smallest absolute Gasteiger partial charge is 0.326 e. The molecule has 13 amide bonds.